The summed E-state index contributed by atoms with van der Waals surface area (Å²) in [5, 5.41) is 0. The first-order valence-corrected chi connectivity index (χ1v) is 7.37. The highest BCUT2D eigenvalue weighted by Crippen LogP contribution is 2.10. The zero-order chi connectivity index (χ0) is 14.7. The van der Waals surface area contributed by atoms with Crippen molar-refractivity contribution in [3.8, 4) is 0 Å². The Morgan fingerprint density at radius 1 is 1.32 bits per heavy atom. The average Bonchev–Trinajstić information content (AvgIpc) is 2.24. The summed E-state index contributed by atoms with van der Waals surface area (Å²) in [5.74, 6) is -0.471. The summed E-state index contributed by atoms with van der Waals surface area (Å²) in [5.41, 5.74) is 5.74. The molecular weight excluding hydrogens is 269 g/mol. The van der Waals surface area contributed by atoms with E-state index in [1.54, 1.807) is 26.8 Å². The molecule has 0 aliphatic heterocycles. The molecule has 0 unspecified atom stereocenters. The van der Waals surface area contributed by atoms with Crippen molar-refractivity contribution in [1.82, 2.24) is 9.44 Å². The third-order valence-corrected chi connectivity index (χ3v) is 3.65. The topological polar surface area (TPSA) is 84.2 Å². The molecule has 108 valence electrons. The number of benzene rings is 1. The van der Waals surface area contributed by atoms with E-state index in [4.69, 9.17) is 5.73 Å². The summed E-state index contributed by atoms with van der Waals surface area (Å²) in [7, 11) is -3.66. The quantitative estimate of drug-likeness (QED) is 0.756. The fourth-order valence-electron chi connectivity index (χ4n) is 1.47. The van der Waals surface area contributed by atoms with E-state index in [-0.39, 0.29) is 18.7 Å². The molecule has 1 rings (SSSR count). The fourth-order valence-corrected chi connectivity index (χ4v) is 2.70. The Bertz CT molecular complexity index is 538. The highest BCUT2D eigenvalue weighted by molar-refractivity contribution is 7.87. The van der Waals surface area contributed by atoms with Crippen molar-refractivity contribution >= 4 is 10.2 Å². The van der Waals surface area contributed by atoms with Crippen LogP contribution in [0.2, 0.25) is 0 Å². The van der Waals surface area contributed by atoms with Crippen LogP contribution in [0.15, 0.2) is 18.2 Å². The molecule has 0 aliphatic carbocycles. The van der Waals surface area contributed by atoms with Gasteiger partial charge in [0.25, 0.3) is 10.2 Å². The minimum absolute atomic E-state index is 0.109. The van der Waals surface area contributed by atoms with Crippen molar-refractivity contribution in [2.45, 2.75) is 39.4 Å². The summed E-state index contributed by atoms with van der Waals surface area (Å²) in [6, 6.07) is 4.50. The maximum atomic E-state index is 13.6. The Morgan fingerprint density at radius 2 is 1.95 bits per heavy atom. The molecule has 0 spiro atoms. The van der Waals surface area contributed by atoms with Gasteiger partial charge in [0.2, 0.25) is 0 Å². The normalized spacial score (nSPS) is 12.7. The van der Waals surface area contributed by atoms with E-state index >= 15 is 0 Å². The molecule has 0 saturated carbocycles. The summed E-state index contributed by atoms with van der Waals surface area (Å²) >= 11 is 0. The molecule has 0 atom stereocenters. The minimum atomic E-state index is -3.66. The van der Waals surface area contributed by atoms with Crippen LogP contribution in [0.1, 0.15) is 31.9 Å². The van der Waals surface area contributed by atoms with Crippen LogP contribution in [0.4, 0.5) is 4.39 Å². The Labute approximate surface area is 113 Å². The second-order valence-electron chi connectivity index (χ2n) is 5.31. The van der Waals surface area contributed by atoms with E-state index in [0.717, 1.165) is 0 Å². The third-order valence-electron chi connectivity index (χ3n) is 2.25. The molecule has 0 aromatic heterocycles. The molecule has 0 heterocycles. The van der Waals surface area contributed by atoms with Gasteiger partial charge in [-0.25, -0.2) is 4.39 Å². The number of nitrogens with two attached hydrogens (primary N) is 1. The Morgan fingerprint density at radius 3 is 2.42 bits per heavy atom. The summed E-state index contributed by atoms with van der Waals surface area (Å²) in [6.45, 7) is 5.31. The largest absolute Gasteiger partial charge is 0.326 e. The highest BCUT2D eigenvalue weighted by atomic mass is 32.2. The fraction of sp³-hybridized carbons (Fsp3) is 0.500. The molecule has 4 N–H and O–H groups in total. The first-order chi connectivity index (χ1) is 8.63. The molecule has 5 nitrogen and oxygen atoms in total. The van der Waals surface area contributed by atoms with Gasteiger partial charge in [0.1, 0.15) is 5.82 Å². The first-order valence-electron chi connectivity index (χ1n) is 5.89. The maximum absolute atomic E-state index is 13.6. The van der Waals surface area contributed by atoms with Crippen molar-refractivity contribution in [2.24, 2.45) is 5.73 Å². The molecular formula is C12H20FN3O2S. The van der Waals surface area contributed by atoms with Gasteiger partial charge in [-0.1, -0.05) is 12.1 Å². The molecule has 0 saturated heterocycles. The lowest BCUT2D eigenvalue weighted by atomic mass is 10.1. The van der Waals surface area contributed by atoms with Crippen molar-refractivity contribution < 1.29 is 12.8 Å². The van der Waals surface area contributed by atoms with Crippen LogP contribution in [-0.2, 0) is 23.3 Å². The summed E-state index contributed by atoms with van der Waals surface area (Å²) in [6.07, 6.45) is 0. The van der Waals surface area contributed by atoms with Gasteiger partial charge in [0.15, 0.2) is 0 Å². The molecule has 19 heavy (non-hydrogen) atoms. The van der Waals surface area contributed by atoms with Gasteiger partial charge in [-0.05, 0) is 32.4 Å². The molecule has 0 amide bonds. The van der Waals surface area contributed by atoms with Gasteiger partial charge in [0, 0.05) is 24.2 Å². The number of rotatable bonds is 5. The Kier molecular flexibility index (Phi) is 5.03. The van der Waals surface area contributed by atoms with Crippen molar-refractivity contribution in [1.29, 1.82) is 0 Å². The SMILES string of the molecule is CC(C)(C)NS(=O)(=O)NCc1ccc(CN)cc1F. The van der Waals surface area contributed by atoms with E-state index in [1.807, 2.05) is 0 Å². The lowest BCUT2D eigenvalue weighted by Crippen LogP contribution is -2.46. The van der Waals surface area contributed by atoms with Crippen LogP contribution >= 0.6 is 0 Å². The van der Waals surface area contributed by atoms with Gasteiger partial charge >= 0.3 is 0 Å². The van der Waals surface area contributed by atoms with Crippen LogP contribution in [0.25, 0.3) is 0 Å². The van der Waals surface area contributed by atoms with Gasteiger partial charge in [-0.15, -0.1) is 0 Å². The van der Waals surface area contributed by atoms with E-state index in [2.05, 4.69) is 9.44 Å². The lowest BCUT2D eigenvalue weighted by Gasteiger charge is -2.20. The van der Waals surface area contributed by atoms with Crippen LogP contribution in [0.3, 0.4) is 0 Å². The zero-order valence-corrected chi connectivity index (χ0v) is 12.1. The maximum Gasteiger partial charge on any atom is 0.277 e. The number of halogens is 1. The Balaban J connectivity index is 2.72. The first kappa shape index (κ1) is 16.0. The molecule has 1 aromatic carbocycles. The molecule has 7 heteroatoms. The van der Waals surface area contributed by atoms with Gasteiger partial charge in [0.05, 0.1) is 0 Å². The zero-order valence-electron chi connectivity index (χ0n) is 11.3. The van der Waals surface area contributed by atoms with Crippen molar-refractivity contribution in [3.63, 3.8) is 0 Å². The van der Waals surface area contributed by atoms with Crippen LogP contribution in [0, 0.1) is 5.82 Å². The van der Waals surface area contributed by atoms with E-state index < -0.39 is 21.6 Å². The van der Waals surface area contributed by atoms with Crippen LogP contribution in [0.5, 0.6) is 0 Å². The van der Waals surface area contributed by atoms with Gasteiger partial charge in [-0.2, -0.15) is 17.9 Å². The molecule has 1 aromatic rings. The highest BCUT2D eigenvalue weighted by Gasteiger charge is 2.19. The van der Waals surface area contributed by atoms with Crippen molar-refractivity contribution in [2.75, 3.05) is 0 Å². The summed E-state index contributed by atoms with van der Waals surface area (Å²) < 4.78 is 41.7. The molecule has 0 fully saturated rings. The van der Waals surface area contributed by atoms with Gasteiger partial charge in [-0.3, -0.25) is 0 Å². The average molecular weight is 289 g/mol. The van der Waals surface area contributed by atoms with Crippen LogP contribution < -0.4 is 15.2 Å². The number of hydrogen-bond donors (Lipinski definition) is 3. The smallest absolute Gasteiger partial charge is 0.277 e. The second-order valence-corrected chi connectivity index (χ2v) is 6.81. The predicted molar refractivity (Wildman–Crippen MR) is 72.9 cm³/mol. The number of hydrogen-bond acceptors (Lipinski definition) is 3. The molecule has 0 radical (unpaired) electrons. The third kappa shape index (κ3) is 5.65. The summed E-state index contributed by atoms with van der Waals surface area (Å²) in [4.78, 5) is 0. The van der Waals surface area contributed by atoms with Crippen molar-refractivity contribution in [3.05, 3.63) is 35.1 Å². The van der Waals surface area contributed by atoms with Gasteiger partial charge < -0.3 is 5.73 Å². The lowest BCUT2D eigenvalue weighted by molar-refractivity contribution is 0.483. The number of nitrogens with one attached hydrogen (secondary N) is 2. The monoisotopic (exact) mass is 289 g/mol. The second kappa shape index (κ2) is 5.96. The van der Waals surface area contributed by atoms with E-state index in [0.29, 0.717) is 5.56 Å². The minimum Gasteiger partial charge on any atom is -0.326 e. The van der Waals surface area contributed by atoms with E-state index in [9.17, 15) is 12.8 Å². The Hall–Kier alpha value is -1.02. The van der Waals surface area contributed by atoms with E-state index in [1.165, 1.54) is 12.1 Å². The standard InChI is InChI=1S/C12H20FN3O2S/c1-12(2,3)16-19(17,18)15-8-10-5-4-9(7-14)6-11(10)13/h4-6,15-16H,7-8,14H2,1-3H3. The molecule has 0 bridgehead atoms. The molecule has 0 aliphatic rings. The predicted octanol–water partition coefficient (Wildman–Crippen LogP) is 1.01. The van der Waals surface area contributed by atoms with Crippen LogP contribution in [-0.4, -0.2) is 14.0 Å².